The number of carbonyl (C=O) groups excluding carboxylic acids is 10. The first-order chi connectivity index (χ1) is 62.6. The molecule has 2 fully saturated rings. The van der Waals surface area contributed by atoms with Crippen LogP contribution in [0.25, 0.3) is 0 Å². The van der Waals surface area contributed by atoms with Gasteiger partial charge in [-0.25, -0.2) is 24.0 Å². The third-order valence-electron chi connectivity index (χ3n) is 20.6. The van der Waals surface area contributed by atoms with Crippen LogP contribution in [-0.2, 0) is 114 Å². The van der Waals surface area contributed by atoms with Crippen molar-refractivity contribution in [1.29, 1.82) is 0 Å². The summed E-state index contributed by atoms with van der Waals surface area (Å²) in [7, 11) is 0. The van der Waals surface area contributed by atoms with Crippen LogP contribution in [0.1, 0.15) is 118 Å². The van der Waals surface area contributed by atoms with Crippen molar-refractivity contribution in [2.24, 2.45) is 11.5 Å². The Bertz CT molecular complexity index is 5170. The van der Waals surface area contributed by atoms with E-state index in [2.05, 4.69) is 64.7 Å². The molecule has 11 aromatic rings. The summed E-state index contributed by atoms with van der Waals surface area (Å²) < 4.78 is 19.6. The minimum absolute atomic E-state index is 0. The highest BCUT2D eigenvalue weighted by Gasteiger charge is 2.41. The van der Waals surface area contributed by atoms with E-state index in [4.69, 9.17) is 25.7 Å². The predicted octanol–water partition coefficient (Wildman–Crippen LogP) is 15.1. The van der Waals surface area contributed by atoms with Crippen LogP contribution in [0, 0.1) is 0 Å². The Morgan fingerprint density at radius 3 is 1.00 bits per heavy atom. The largest absolute Gasteiger partial charge is 0.466 e. The third kappa shape index (κ3) is 41.8. The van der Waals surface area contributed by atoms with Crippen molar-refractivity contribution in [3.8, 4) is 0 Å². The molecular weight excluding hydrogens is 1700 g/mol. The van der Waals surface area contributed by atoms with E-state index in [0.29, 0.717) is 77.2 Å². The zero-order valence-electron chi connectivity index (χ0n) is 73.8. The third-order valence-corrected chi connectivity index (χ3v) is 20.6. The van der Waals surface area contributed by atoms with E-state index in [-0.39, 0.29) is 117 Å². The lowest BCUT2D eigenvalue weighted by Gasteiger charge is -2.19. The molecule has 13 rings (SSSR count). The number of nitrogens with one attached hydrogen (secondary N) is 9. The number of hydrogen-bond donors (Lipinski definition) is 11. The summed E-state index contributed by atoms with van der Waals surface area (Å²) in [6, 6.07) is 100. The standard InChI is InChI=1S/C32H37N3O4.C27H29N3O2.C18H20N2O3.C17H18N2O3.C10H13NO2.2ClH/c1-32(2,3)39-31(38)35-27-20-26(27)25-16-14-23(15-17-25)19-29(36)28(18-22-10-6-4-7-11-22)34-30(37)33-21-24-12-8-5-9-13-24;28-24-17-23(24)22-13-11-20(12-14-22)16-26(31)25(15-19-7-3-1-4-8-19)30-27(32)29-18-21-9-5-2-6-10-21;21-14-23-13-17(11-15-7-3-1-4-8-15)20-18(22)19-12-16-9-5-2-6-10-16;20-13-22-16(11-14-7-3-1-4-8-14)19-17(21)18-12-15-9-5-2-6-10-15;11-10(7-13-8-12)6-9-4-2-1-3-5-9;;/h4-17,26-28H,18-21H2,1-3H3,(H,35,38)(H2,33,34,37);1-14,23-25H,15-18,28H2,(H2,29,30,32);1-10,14,17H,11-13H2,(H2,19,20,22);1-10,13,16H,11-12H2,(H2,18,19,21);1-5,8,10H,6-7,11H2;2*1H. The van der Waals surface area contributed by atoms with E-state index < -0.39 is 30.0 Å². The Hall–Kier alpha value is -14.0. The lowest BCUT2D eigenvalue weighted by Crippen LogP contribution is -2.47. The van der Waals surface area contributed by atoms with Crippen LogP contribution < -0.4 is 59.3 Å². The quantitative estimate of drug-likeness (QED) is 0.00968. The van der Waals surface area contributed by atoms with E-state index in [1.165, 1.54) is 5.56 Å². The molecule has 2 aliphatic carbocycles. The van der Waals surface area contributed by atoms with E-state index >= 15 is 0 Å². The van der Waals surface area contributed by atoms with Crippen LogP contribution in [0.3, 0.4) is 0 Å². The molecule has 688 valence electrons. The number of nitrogens with two attached hydrogens (primary N) is 2. The molecule has 9 unspecified atom stereocenters. The van der Waals surface area contributed by atoms with Gasteiger partial charge in [0.1, 0.15) is 18.8 Å². The van der Waals surface area contributed by atoms with Crippen molar-refractivity contribution < 1.29 is 66.9 Å². The van der Waals surface area contributed by atoms with Crippen LogP contribution in [0.15, 0.2) is 322 Å². The van der Waals surface area contributed by atoms with Gasteiger partial charge in [-0.1, -0.05) is 322 Å². The highest BCUT2D eigenvalue weighted by atomic mass is 35.5. The number of benzene rings is 11. The van der Waals surface area contributed by atoms with Gasteiger partial charge in [-0.3, -0.25) is 24.0 Å². The molecule has 0 saturated heterocycles. The SMILES string of the molecule is CC(C)(C)OC(=O)NC1CC1c1ccc(CC(=O)C(Cc2ccccc2)NC(=O)NCc2ccccc2)cc1.Cl.Cl.NC(COC=O)Cc1ccccc1.NC1CC1c1ccc(CC(=O)C(Cc2ccccc2)NC(=O)NCc2ccccc2)cc1.O=COC(Cc1ccccc1)NC(=O)NCc1ccccc1.O=COCC(Cc1ccccc1)NC(=O)NCc1ccccc1. The van der Waals surface area contributed by atoms with Gasteiger partial charge in [0.25, 0.3) is 19.4 Å². The Labute approximate surface area is 779 Å². The summed E-state index contributed by atoms with van der Waals surface area (Å²) in [6.07, 6.45) is 3.87. The van der Waals surface area contributed by atoms with Crippen LogP contribution in [-0.4, -0.2) is 122 Å². The van der Waals surface area contributed by atoms with Crippen molar-refractivity contribution in [2.45, 2.75) is 165 Å². The average molecular weight is 1820 g/mol. The molecule has 0 aliphatic heterocycles. The molecule has 25 nitrogen and oxygen atoms in total. The summed E-state index contributed by atoms with van der Waals surface area (Å²) in [5, 5.41) is 25.4. The van der Waals surface area contributed by atoms with Crippen molar-refractivity contribution in [2.75, 3.05) is 13.2 Å². The number of ketones is 2. The number of ether oxygens (including phenoxy) is 4. The molecule has 9 amide bonds. The number of urea groups is 4. The number of amides is 9. The van der Waals surface area contributed by atoms with Gasteiger partial charge in [-0.15, -0.1) is 24.8 Å². The fourth-order valence-electron chi connectivity index (χ4n) is 13.7. The molecule has 11 aromatic carbocycles. The van der Waals surface area contributed by atoms with Gasteiger partial charge in [0, 0.05) is 75.4 Å². The van der Waals surface area contributed by atoms with Crippen LogP contribution in [0.5, 0.6) is 0 Å². The minimum atomic E-state index is -0.698. The van der Waals surface area contributed by atoms with Crippen molar-refractivity contribution in [3.05, 3.63) is 394 Å². The zero-order chi connectivity index (χ0) is 91.6. The van der Waals surface area contributed by atoms with Crippen molar-refractivity contribution >= 4 is 86.0 Å². The normalized spacial score (nSPS) is 14.5. The highest BCUT2D eigenvalue weighted by Crippen LogP contribution is 2.41. The number of halogens is 2. The Morgan fingerprint density at radius 2 is 0.664 bits per heavy atom. The second-order valence-electron chi connectivity index (χ2n) is 32.2. The molecule has 2 aliphatic rings. The number of Topliss-reactive ketones (excluding diaryl/α,β-unsaturated/α-hetero) is 2. The fourth-order valence-corrected chi connectivity index (χ4v) is 13.7. The molecule has 0 spiro atoms. The zero-order valence-corrected chi connectivity index (χ0v) is 75.5. The van der Waals surface area contributed by atoms with Gasteiger partial charge in [-0.05, 0) is 132 Å². The van der Waals surface area contributed by atoms with Gasteiger partial charge in [0.05, 0.1) is 18.1 Å². The summed E-state index contributed by atoms with van der Waals surface area (Å²) in [5.41, 5.74) is 24.5. The number of alkyl carbamates (subject to hydrolysis) is 1. The predicted molar refractivity (Wildman–Crippen MR) is 513 cm³/mol. The highest BCUT2D eigenvalue weighted by molar-refractivity contribution is 5.91. The van der Waals surface area contributed by atoms with Crippen LogP contribution in [0.4, 0.5) is 24.0 Å². The maximum Gasteiger partial charge on any atom is 0.407 e. The summed E-state index contributed by atoms with van der Waals surface area (Å²) in [6.45, 7) is 8.73. The molecule has 0 radical (unpaired) electrons. The Kier molecular flexibility index (Phi) is 45.9. The van der Waals surface area contributed by atoms with Gasteiger partial charge in [-0.2, -0.15) is 0 Å². The molecule has 2 saturated carbocycles. The first-order valence-electron chi connectivity index (χ1n) is 43.1. The maximum atomic E-state index is 13.3. The van der Waals surface area contributed by atoms with E-state index in [1.807, 2.05) is 330 Å². The Balaban J connectivity index is 0.000000232. The second-order valence-corrected chi connectivity index (χ2v) is 32.2. The molecule has 13 N–H and O–H groups in total. The molecule has 0 aromatic heterocycles. The molecule has 27 heteroatoms. The molecule has 0 bridgehead atoms. The topological polar surface area (TPSA) is 368 Å². The van der Waals surface area contributed by atoms with Crippen LogP contribution >= 0.6 is 24.8 Å². The number of hydrogen-bond acceptors (Lipinski definition) is 16. The van der Waals surface area contributed by atoms with Crippen molar-refractivity contribution in [1.82, 2.24) is 47.9 Å². The van der Waals surface area contributed by atoms with Crippen LogP contribution in [0.2, 0.25) is 0 Å². The maximum absolute atomic E-state index is 13.3. The number of rotatable bonds is 39. The average Bonchev–Trinajstić information content (AvgIpc) is 1.68. The first-order valence-corrected chi connectivity index (χ1v) is 43.1. The first kappa shape index (κ1) is 104. The minimum Gasteiger partial charge on any atom is -0.466 e. The van der Waals surface area contributed by atoms with Gasteiger partial charge < -0.3 is 78.3 Å². The summed E-state index contributed by atoms with van der Waals surface area (Å²) in [5.74, 6) is 0.612. The smallest absolute Gasteiger partial charge is 0.407 e. The Morgan fingerprint density at radius 1 is 0.359 bits per heavy atom. The van der Waals surface area contributed by atoms with Gasteiger partial charge in [0.15, 0.2) is 17.8 Å². The fraction of sp³-hybridized carbons (Fsp3) is 0.269. The second kappa shape index (κ2) is 57.8. The van der Waals surface area contributed by atoms with E-state index in [1.54, 1.807) is 0 Å². The lowest BCUT2D eigenvalue weighted by atomic mass is 9.97. The van der Waals surface area contributed by atoms with E-state index in [9.17, 15) is 47.9 Å². The number of carbonyl (C=O) groups is 10. The summed E-state index contributed by atoms with van der Waals surface area (Å²) in [4.78, 5) is 118. The summed E-state index contributed by atoms with van der Waals surface area (Å²) >= 11 is 0. The molecule has 0 heterocycles. The van der Waals surface area contributed by atoms with Crippen molar-refractivity contribution in [3.63, 3.8) is 0 Å². The van der Waals surface area contributed by atoms with Gasteiger partial charge >= 0.3 is 30.2 Å². The molecular formula is C104H119Cl2N11O14. The van der Waals surface area contributed by atoms with E-state index in [0.717, 1.165) is 86.0 Å². The van der Waals surface area contributed by atoms with Gasteiger partial charge in [0.2, 0.25) is 0 Å². The molecule has 131 heavy (non-hydrogen) atoms. The monoisotopic (exact) mass is 1820 g/mol. The molecule has 9 atom stereocenters. The lowest BCUT2D eigenvalue weighted by molar-refractivity contribution is -0.134.